The number of ether oxygens (including phenoxy) is 1. The Hall–Kier alpha value is -2.37. The first-order valence-corrected chi connectivity index (χ1v) is 23.6. The molecule has 4 aliphatic rings. The number of carbonyl (C=O) groups is 1. The topological polar surface area (TPSA) is 105 Å². The summed E-state index contributed by atoms with van der Waals surface area (Å²) in [5, 5.41) is 12.6. The van der Waals surface area contributed by atoms with Gasteiger partial charge in [-0.3, -0.25) is 4.79 Å². The van der Waals surface area contributed by atoms with Crippen molar-refractivity contribution in [1.29, 1.82) is 0 Å². The first-order valence-electron chi connectivity index (χ1n) is 18.7. The molecule has 2 aromatic carbocycles. The molecular weight excluding hydrogens is 700 g/mol. The van der Waals surface area contributed by atoms with E-state index in [2.05, 4.69) is 55.6 Å². The standard InChI is InChI=1S/C40H57ClN2O6SSi/c1-27-10-8-19-40(45,20-21-49-51(6,7)38(3,4)5)34-15-12-31(34)24-43-25-39(18-9-11-29-22-32(41)14-16-33(29)39)26-48-36-17-13-30(23-35(36)43)37(44)42-50(46,47)28(27)2/h8,13-14,16-17,19,22-23,27-28,31,34,45H,9-12,15,18,20-21,24-26H2,1-7H3,(H,42,44)/b19-8+/t27-,28+,31-,34+,39-,40+/m0/s1. The first kappa shape index (κ1) is 38.4. The van der Waals surface area contributed by atoms with Crippen LogP contribution < -0.4 is 14.4 Å². The molecule has 1 saturated carbocycles. The van der Waals surface area contributed by atoms with Gasteiger partial charge in [-0.05, 0) is 123 Å². The average Bonchev–Trinajstić information content (AvgIpc) is 3.18. The van der Waals surface area contributed by atoms with Crippen LogP contribution in [-0.4, -0.2) is 64.9 Å². The van der Waals surface area contributed by atoms with E-state index in [0.29, 0.717) is 44.9 Å². The maximum Gasteiger partial charge on any atom is 0.264 e. The van der Waals surface area contributed by atoms with Crippen LogP contribution in [0.3, 0.4) is 0 Å². The fourth-order valence-electron chi connectivity index (χ4n) is 8.33. The summed E-state index contributed by atoms with van der Waals surface area (Å²) in [6.07, 6.45) is 9.57. The number of carbonyl (C=O) groups excluding carboxylic acids is 1. The second-order valence-corrected chi connectivity index (χ2v) is 24.7. The summed E-state index contributed by atoms with van der Waals surface area (Å²) < 4.78 is 42.6. The predicted molar refractivity (Wildman–Crippen MR) is 208 cm³/mol. The van der Waals surface area contributed by atoms with Gasteiger partial charge in [0.15, 0.2) is 8.32 Å². The maximum atomic E-state index is 13.6. The summed E-state index contributed by atoms with van der Waals surface area (Å²) in [6, 6.07) is 11.4. The third kappa shape index (κ3) is 7.68. The molecule has 2 aliphatic heterocycles. The Labute approximate surface area is 311 Å². The molecule has 6 rings (SSSR count). The number of anilines is 1. The second kappa shape index (κ2) is 14.1. The van der Waals surface area contributed by atoms with Crippen LogP contribution in [0.1, 0.15) is 94.6 Å². The van der Waals surface area contributed by atoms with E-state index in [9.17, 15) is 18.3 Å². The Morgan fingerprint density at radius 1 is 1.14 bits per heavy atom. The van der Waals surface area contributed by atoms with Crippen molar-refractivity contribution < 1.29 is 27.5 Å². The average molecular weight is 758 g/mol. The number of benzene rings is 2. The molecule has 0 saturated heterocycles. The Morgan fingerprint density at radius 2 is 1.90 bits per heavy atom. The van der Waals surface area contributed by atoms with E-state index in [1.807, 2.05) is 25.1 Å². The van der Waals surface area contributed by atoms with Gasteiger partial charge in [0.2, 0.25) is 10.0 Å². The Kier molecular flexibility index (Phi) is 10.6. The highest BCUT2D eigenvalue weighted by atomic mass is 35.5. The molecule has 0 radical (unpaired) electrons. The number of rotatable bonds is 4. The van der Waals surface area contributed by atoms with Crippen LogP contribution in [0.5, 0.6) is 5.75 Å². The molecule has 2 heterocycles. The van der Waals surface area contributed by atoms with Crippen molar-refractivity contribution in [3.8, 4) is 5.75 Å². The number of fused-ring (bicyclic) bond motifs is 4. The van der Waals surface area contributed by atoms with Crippen LogP contribution in [0.25, 0.3) is 0 Å². The fourth-order valence-corrected chi connectivity index (χ4v) is 10.9. The Morgan fingerprint density at radius 3 is 2.61 bits per heavy atom. The number of amides is 1. The van der Waals surface area contributed by atoms with Crippen molar-refractivity contribution >= 4 is 41.5 Å². The molecule has 11 heteroatoms. The van der Waals surface area contributed by atoms with Crippen LogP contribution in [0.15, 0.2) is 48.6 Å². The van der Waals surface area contributed by atoms with Gasteiger partial charge < -0.3 is 19.2 Å². The lowest BCUT2D eigenvalue weighted by atomic mass is 9.63. The van der Waals surface area contributed by atoms with Gasteiger partial charge in [0.25, 0.3) is 5.91 Å². The zero-order chi connectivity index (χ0) is 37.0. The SMILES string of the molecule is C[C@@H]1[C@@H](C)C/C=C/[C@@](O)(CCO[Si](C)(C)C(C)(C)C)[C@@H]2CC[C@H]2CN2C[C@@]3(CCCc4cc(Cl)ccc43)COc3ccc(cc32)C(=O)NS1(=O)=O. The lowest BCUT2D eigenvalue weighted by Gasteiger charge is -2.49. The Balaban J connectivity index is 1.40. The number of nitrogens with one attached hydrogen (secondary N) is 1. The second-order valence-electron chi connectivity index (χ2n) is 17.4. The molecule has 1 fully saturated rings. The summed E-state index contributed by atoms with van der Waals surface area (Å²) in [5.41, 5.74) is 2.12. The summed E-state index contributed by atoms with van der Waals surface area (Å²) in [6.45, 7) is 16.9. The molecule has 2 bridgehead atoms. The van der Waals surface area contributed by atoms with Crippen molar-refractivity contribution in [3.63, 3.8) is 0 Å². The number of hydrogen-bond acceptors (Lipinski definition) is 7. The van der Waals surface area contributed by atoms with E-state index in [1.165, 1.54) is 11.1 Å². The van der Waals surface area contributed by atoms with Gasteiger partial charge in [-0.25, -0.2) is 13.1 Å². The van der Waals surface area contributed by atoms with Crippen molar-refractivity contribution in [3.05, 3.63) is 70.3 Å². The van der Waals surface area contributed by atoms with Crippen LogP contribution in [-0.2, 0) is 26.3 Å². The van der Waals surface area contributed by atoms with E-state index < -0.39 is 35.1 Å². The molecule has 2 N–H and O–H groups in total. The lowest BCUT2D eigenvalue weighted by Crippen LogP contribution is -2.53. The van der Waals surface area contributed by atoms with Gasteiger partial charge in [-0.15, -0.1) is 0 Å². The van der Waals surface area contributed by atoms with E-state index in [4.69, 9.17) is 20.8 Å². The molecule has 51 heavy (non-hydrogen) atoms. The molecular formula is C40H57ClN2O6SSi. The van der Waals surface area contributed by atoms with Gasteiger partial charge in [-0.2, -0.15) is 0 Å². The van der Waals surface area contributed by atoms with Gasteiger partial charge in [0.1, 0.15) is 5.75 Å². The predicted octanol–water partition coefficient (Wildman–Crippen LogP) is 8.03. The Bertz CT molecular complexity index is 1780. The molecule has 1 amide bonds. The van der Waals surface area contributed by atoms with Crippen LogP contribution in [0.4, 0.5) is 5.69 Å². The molecule has 0 unspecified atom stereocenters. The molecule has 0 aromatic heterocycles. The van der Waals surface area contributed by atoms with Crippen molar-refractivity contribution in [1.82, 2.24) is 4.72 Å². The summed E-state index contributed by atoms with van der Waals surface area (Å²) in [4.78, 5) is 15.9. The minimum atomic E-state index is -3.99. The van der Waals surface area contributed by atoms with Gasteiger partial charge >= 0.3 is 0 Å². The zero-order valence-electron chi connectivity index (χ0n) is 31.4. The van der Waals surface area contributed by atoms with Crippen LogP contribution in [0.2, 0.25) is 23.2 Å². The highest BCUT2D eigenvalue weighted by Gasteiger charge is 2.48. The van der Waals surface area contributed by atoms with Crippen LogP contribution >= 0.6 is 11.6 Å². The van der Waals surface area contributed by atoms with E-state index in [-0.39, 0.29) is 33.8 Å². The minimum Gasteiger partial charge on any atom is -0.490 e. The van der Waals surface area contributed by atoms with Gasteiger partial charge in [0.05, 0.1) is 23.1 Å². The minimum absolute atomic E-state index is 0.00589. The molecule has 280 valence electrons. The number of aryl methyl sites for hydroxylation is 1. The number of nitrogens with zero attached hydrogens (tertiary/aromatic N) is 1. The van der Waals surface area contributed by atoms with Crippen molar-refractivity contribution in [2.45, 2.75) is 114 Å². The number of hydrogen-bond donors (Lipinski definition) is 2. The van der Waals surface area contributed by atoms with E-state index in [1.54, 1.807) is 25.1 Å². The highest BCUT2D eigenvalue weighted by molar-refractivity contribution is 7.90. The summed E-state index contributed by atoms with van der Waals surface area (Å²) >= 11 is 6.47. The lowest BCUT2D eigenvalue weighted by molar-refractivity contribution is -0.0574. The van der Waals surface area contributed by atoms with E-state index >= 15 is 0 Å². The number of allylic oxidation sites excluding steroid dienone is 1. The number of aliphatic hydroxyl groups is 1. The summed E-state index contributed by atoms with van der Waals surface area (Å²) in [5.74, 6) is -0.0812. The van der Waals surface area contributed by atoms with Crippen LogP contribution in [0, 0.1) is 17.8 Å². The molecule has 2 aliphatic carbocycles. The monoisotopic (exact) mass is 756 g/mol. The molecule has 6 atom stereocenters. The highest BCUT2D eigenvalue weighted by Crippen LogP contribution is 2.49. The number of sulfonamides is 1. The third-order valence-electron chi connectivity index (χ3n) is 13.0. The third-order valence-corrected chi connectivity index (χ3v) is 19.7. The van der Waals surface area contributed by atoms with Gasteiger partial charge in [0, 0.05) is 42.1 Å². The normalized spacial score (nSPS) is 31.7. The number of halogens is 1. The summed E-state index contributed by atoms with van der Waals surface area (Å²) in [7, 11) is -6.03. The fraction of sp³-hybridized carbons (Fsp3) is 0.625. The van der Waals surface area contributed by atoms with Crippen molar-refractivity contribution in [2.24, 2.45) is 17.8 Å². The van der Waals surface area contributed by atoms with Crippen molar-refractivity contribution in [2.75, 3.05) is 31.2 Å². The maximum absolute atomic E-state index is 13.6. The molecule has 8 nitrogen and oxygen atoms in total. The molecule has 2 aromatic rings. The van der Waals surface area contributed by atoms with Gasteiger partial charge in [-0.1, -0.05) is 57.5 Å². The molecule has 1 spiro atoms. The smallest absolute Gasteiger partial charge is 0.264 e. The zero-order valence-corrected chi connectivity index (χ0v) is 34.0. The quantitative estimate of drug-likeness (QED) is 0.241. The first-order chi connectivity index (χ1) is 23.8. The van der Waals surface area contributed by atoms with E-state index in [0.717, 1.165) is 42.8 Å². The largest absolute Gasteiger partial charge is 0.490 e.